The highest BCUT2D eigenvalue weighted by Gasteiger charge is 2.15. The number of hydrogen-bond donors (Lipinski definition) is 2. The molecule has 0 bridgehead atoms. The van der Waals surface area contributed by atoms with Gasteiger partial charge in [0.2, 0.25) is 18.6 Å². The first-order valence-electron chi connectivity index (χ1n) is 10.6. The van der Waals surface area contributed by atoms with Gasteiger partial charge in [0.15, 0.2) is 11.5 Å². The van der Waals surface area contributed by atoms with E-state index in [2.05, 4.69) is 5.32 Å². The first-order valence-corrected chi connectivity index (χ1v) is 10.6. The molecule has 10 heteroatoms. The molecular weight excluding hydrogens is 428 g/mol. The fourth-order valence-corrected chi connectivity index (χ4v) is 3.77. The van der Waals surface area contributed by atoms with Crippen LogP contribution in [-0.2, 0) is 29.2 Å². The smallest absolute Gasteiger partial charge is 0.331 e. The van der Waals surface area contributed by atoms with Crippen molar-refractivity contribution in [2.75, 3.05) is 6.79 Å². The van der Waals surface area contributed by atoms with Crippen molar-refractivity contribution in [3.05, 3.63) is 68.9 Å². The maximum atomic E-state index is 12.8. The van der Waals surface area contributed by atoms with Crippen molar-refractivity contribution in [3.63, 3.8) is 0 Å². The molecule has 33 heavy (non-hydrogen) atoms. The van der Waals surface area contributed by atoms with Crippen LogP contribution in [0.3, 0.4) is 0 Å². The predicted octanol–water partition coefficient (Wildman–Crippen LogP) is 0.864. The number of carbonyl (C=O) groups is 2. The Hall–Kier alpha value is -4.08. The molecule has 3 N–H and O–H groups in total. The van der Waals surface area contributed by atoms with Gasteiger partial charge in [-0.1, -0.05) is 18.2 Å². The van der Waals surface area contributed by atoms with E-state index in [9.17, 15) is 19.2 Å². The summed E-state index contributed by atoms with van der Waals surface area (Å²) in [7, 11) is 0. The molecule has 0 atom stereocenters. The summed E-state index contributed by atoms with van der Waals surface area (Å²) in [6, 6.07) is 12.1. The second-order valence-corrected chi connectivity index (χ2v) is 7.73. The van der Waals surface area contributed by atoms with Crippen LogP contribution < -0.4 is 31.8 Å². The number of amides is 2. The highest BCUT2D eigenvalue weighted by atomic mass is 16.7. The minimum Gasteiger partial charge on any atom is -0.454 e. The van der Waals surface area contributed by atoms with E-state index < -0.39 is 17.2 Å². The SMILES string of the molecule is NC(=O)Cn1c(=O)n(CCCCC(=O)NCc2ccc3c(c2)OCO3)c(=O)c2ccccc21. The zero-order valence-corrected chi connectivity index (χ0v) is 17.9. The molecule has 1 aliphatic rings. The summed E-state index contributed by atoms with van der Waals surface area (Å²) in [6.07, 6.45) is 1.19. The number of fused-ring (bicyclic) bond motifs is 2. The number of rotatable bonds is 9. The van der Waals surface area contributed by atoms with Gasteiger partial charge in [0.25, 0.3) is 5.56 Å². The summed E-state index contributed by atoms with van der Waals surface area (Å²) in [4.78, 5) is 49.2. The maximum Gasteiger partial charge on any atom is 0.331 e. The van der Waals surface area contributed by atoms with Crippen molar-refractivity contribution < 1.29 is 19.1 Å². The van der Waals surface area contributed by atoms with Gasteiger partial charge in [-0.3, -0.25) is 23.5 Å². The third kappa shape index (κ3) is 4.89. The van der Waals surface area contributed by atoms with Crippen molar-refractivity contribution in [3.8, 4) is 11.5 Å². The monoisotopic (exact) mass is 452 g/mol. The number of carbonyl (C=O) groups excluding carboxylic acids is 2. The second-order valence-electron chi connectivity index (χ2n) is 7.73. The van der Waals surface area contributed by atoms with Crippen LogP contribution in [0.15, 0.2) is 52.1 Å². The molecule has 3 aromatic rings. The van der Waals surface area contributed by atoms with Crippen LogP contribution in [-0.4, -0.2) is 27.7 Å². The van der Waals surface area contributed by atoms with Crippen LogP contribution in [0.1, 0.15) is 24.8 Å². The molecule has 0 unspecified atom stereocenters. The summed E-state index contributed by atoms with van der Waals surface area (Å²) in [6.45, 7) is 0.370. The highest BCUT2D eigenvalue weighted by Crippen LogP contribution is 2.32. The van der Waals surface area contributed by atoms with E-state index in [0.29, 0.717) is 41.8 Å². The largest absolute Gasteiger partial charge is 0.454 e. The molecule has 2 amide bonds. The molecule has 0 saturated heterocycles. The third-order valence-electron chi connectivity index (χ3n) is 5.41. The van der Waals surface area contributed by atoms with Crippen molar-refractivity contribution in [1.82, 2.24) is 14.5 Å². The zero-order valence-electron chi connectivity index (χ0n) is 17.9. The van der Waals surface area contributed by atoms with E-state index in [1.165, 1.54) is 4.57 Å². The minimum absolute atomic E-state index is 0.135. The average Bonchev–Trinajstić information content (AvgIpc) is 3.27. The normalized spacial score (nSPS) is 12.1. The maximum absolute atomic E-state index is 12.8. The molecule has 0 spiro atoms. The number of para-hydroxylation sites is 1. The van der Waals surface area contributed by atoms with Crippen molar-refractivity contribution in [1.29, 1.82) is 0 Å². The first-order chi connectivity index (χ1) is 15.9. The summed E-state index contributed by atoms with van der Waals surface area (Å²) in [5.41, 5.74) is 5.52. The van der Waals surface area contributed by atoms with E-state index in [0.717, 1.165) is 10.1 Å². The van der Waals surface area contributed by atoms with Gasteiger partial charge in [0.1, 0.15) is 6.54 Å². The Kier molecular flexibility index (Phi) is 6.43. The lowest BCUT2D eigenvalue weighted by molar-refractivity contribution is -0.121. The molecule has 2 heterocycles. The summed E-state index contributed by atoms with van der Waals surface area (Å²) in [5, 5.41) is 3.18. The lowest BCUT2D eigenvalue weighted by Gasteiger charge is -2.13. The Morgan fingerprint density at radius 3 is 2.61 bits per heavy atom. The minimum atomic E-state index is -0.674. The van der Waals surface area contributed by atoms with Crippen LogP contribution >= 0.6 is 0 Å². The molecular formula is C23H24N4O6. The van der Waals surface area contributed by atoms with E-state index in [-0.39, 0.29) is 32.2 Å². The number of hydrogen-bond acceptors (Lipinski definition) is 6. The molecule has 0 aliphatic carbocycles. The molecule has 2 aromatic carbocycles. The summed E-state index contributed by atoms with van der Waals surface area (Å²) < 4.78 is 12.9. The van der Waals surface area contributed by atoms with Crippen molar-refractivity contribution in [2.24, 2.45) is 5.73 Å². The van der Waals surface area contributed by atoms with Gasteiger partial charge in [0, 0.05) is 19.5 Å². The molecule has 0 fully saturated rings. The average molecular weight is 452 g/mol. The topological polar surface area (TPSA) is 135 Å². The van der Waals surface area contributed by atoms with E-state index in [4.69, 9.17) is 15.2 Å². The molecule has 0 saturated carbocycles. The third-order valence-corrected chi connectivity index (χ3v) is 5.41. The quantitative estimate of drug-likeness (QED) is 0.463. The Bertz CT molecular complexity index is 1330. The number of ether oxygens (including phenoxy) is 2. The van der Waals surface area contributed by atoms with Gasteiger partial charge in [-0.15, -0.1) is 0 Å². The summed E-state index contributed by atoms with van der Waals surface area (Å²) in [5.74, 6) is 0.532. The van der Waals surface area contributed by atoms with Gasteiger partial charge in [-0.25, -0.2) is 4.79 Å². The van der Waals surface area contributed by atoms with Crippen LogP contribution in [0.5, 0.6) is 11.5 Å². The van der Waals surface area contributed by atoms with E-state index in [1.54, 1.807) is 30.3 Å². The van der Waals surface area contributed by atoms with Gasteiger partial charge in [0.05, 0.1) is 10.9 Å². The van der Waals surface area contributed by atoms with Crippen molar-refractivity contribution >= 4 is 22.7 Å². The van der Waals surface area contributed by atoms with Crippen LogP contribution in [0.2, 0.25) is 0 Å². The Morgan fingerprint density at radius 1 is 1.00 bits per heavy atom. The number of primary amides is 1. The van der Waals surface area contributed by atoms with Gasteiger partial charge in [-0.05, 0) is 42.7 Å². The standard InChI is InChI=1S/C23H24N4O6/c24-20(28)13-27-17-6-2-1-5-16(17)22(30)26(23(27)31)10-4-3-7-21(29)25-12-15-8-9-18-19(11-15)33-14-32-18/h1-2,5-6,8-9,11H,3-4,7,10,12-14H2,(H2,24,28)(H,25,29). The fourth-order valence-electron chi connectivity index (χ4n) is 3.77. The molecule has 4 rings (SSSR count). The Morgan fingerprint density at radius 2 is 1.79 bits per heavy atom. The lowest BCUT2D eigenvalue weighted by Crippen LogP contribution is -2.42. The molecule has 1 aliphatic heterocycles. The van der Waals surface area contributed by atoms with Crippen LogP contribution in [0.4, 0.5) is 0 Å². The van der Waals surface area contributed by atoms with Crippen LogP contribution in [0, 0.1) is 0 Å². The van der Waals surface area contributed by atoms with Gasteiger partial charge < -0.3 is 20.5 Å². The number of unbranched alkanes of at least 4 members (excludes halogenated alkanes) is 1. The number of nitrogens with zero attached hydrogens (tertiary/aromatic N) is 2. The molecule has 0 radical (unpaired) electrons. The second kappa shape index (κ2) is 9.60. The van der Waals surface area contributed by atoms with E-state index in [1.807, 2.05) is 12.1 Å². The fraction of sp³-hybridized carbons (Fsp3) is 0.304. The number of nitrogens with one attached hydrogen (secondary N) is 1. The van der Waals surface area contributed by atoms with Crippen molar-refractivity contribution in [2.45, 2.75) is 38.9 Å². The number of aromatic nitrogens is 2. The predicted molar refractivity (Wildman–Crippen MR) is 120 cm³/mol. The zero-order chi connectivity index (χ0) is 23.4. The lowest BCUT2D eigenvalue weighted by atomic mass is 10.2. The molecule has 172 valence electrons. The molecule has 1 aromatic heterocycles. The highest BCUT2D eigenvalue weighted by molar-refractivity contribution is 5.81. The van der Waals surface area contributed by atoms with Gasteiger partial charge in [-0.2, -0.15) is 0 Å². The van der Waals surface area contributed by atoms with Crippen LogP contribution in [0.25, 0.3) is 10.9 Å². The Labute approximate surface area is 188 Å². The Balaban J connectivity index is 1.35. The first kappa shape index (κ1) is 22.1. The number of benzene rings is 2. The summed E-state index contributed by atoms with van der Waals surface area (Å²) >= 11 is 0. The van der Waals surface area contributed by atoms with Gasteiger partial charge >= 0.3 is 5.69 Å². The van der Waals surface area contributed by atoms with E-state index >= 15 is 0 Å². The number of nitrogens with two attached hydrogens (primary N) is 1. The molecule has 10 nitrogen and oxygen atoms in total.